The predicted octanol–water partition coefficient (Wildman–Crippen LogP) is 2.77. The van der Waals surface area contributed by atoms with Crippen molar-refractivity contribution in [3.8, 4) is 0 Å². The van der Waals surface area contributed by atoms with Crippen LogP contribution in [-0.2, 0) is 16.6 Å². The summed E-state index contributed by atoms with van der Waals surface area (Å²) in [7, 11) is -4.01. The number of aromatic carboxylic acids is 1. The van der Waals surface area contributed by atoms with Gasteiger partial charge in [0.1, 0.15) is 0 Å². The second kappa shape index (κ2) is 7.02. The second-order valence-electron chi connectivity index (χ2n) is 5.78. The van der Waals surface area contributed by atoms with Gasteiger partial charge in [-0.25, -0.2) is 18.4 Å². The average Bonchev–Trinajstić information content (AvgIpc) is 2.51. The second-order valence-corrected chi connectivity index (χ2v) is 7.31. The van der Waals surface area contributed by atoms with E-state index < -0.39 is 16.0 Å². The van der Waals surface area contributed by atoms with E-state index in [-0.39, 0.29) is 16.4 Å². The summed E-state index contributed by atoms with van der Waals surface area (Å²) in [6, 6.07) is 12.2. The van der Waals surface area contributed by atoms with Crippen LogP contribution in [0.15, 0.2) is 47.4 Å². The summed E-state index contributed by atoms with van der Waals surface area (Å²) in [5.74, 6) is -1.34. The third-order valence-electron chi connectivity index (χ3n) is 3.63. The Morgan fingerprint density at radius 3 is 2.33 bits per heavy atom. The van der Waals surface area contributed by atoms with E-state index in [2.05, 4.69) is 5.32 Å². The molecular formula is C17H20N2O4S. The number of rotatable bonds is 6. The van der Waals surface area contributed by atoms with Crippen LogP contribution in [0.4, 0.5) is 5.69 Å². The topological polar surface area (TPSA) is 109 Å². The number of carbonyl (C=O) groups is 1. The molecule has 0 unspecified atom stereocenters. The van der Waals surface area contributed by atoms with Crippen LogP contribution >= 0.6 is 0 Å². The number of hydrogen-bond donors (Lipinski definition) is 3. The molecule has 0 fully saturated rings. The minimum Gasteiger partial charge on any atom is -0.478 e. The molecule has 2 aromatic carbocycles. The molecule has 2 rings (SSSR count). The number of carboxylic acids is 1. The fourth-order valence-electron chi connectivity index (χ4n) is 2.41. The molecular weight excluding hydrogens is 328 g/mol. The van der Waals surface area contributed by atoms with Crippen molar-refractivity contribution in [2.24, 2.45) is 5.14 Å². The van der Waals surface area contributed by atoms with Crippen molar-refractivity contribution < 1.29 is 18.3 Å². The van der Waals surface area contributed by atoms with Crippen molar-refractivity contribution in [1.82, 2.24) is 0 Å². The Kier molecular flexibility index (Phi) is 5.26. The van der Waals surface area contributed by atoms with E-state index in [0.29, 0.717) is 17.8 Å². The van der Waals surface area contributed by atoms with E-state index >= 15 is 0 Å². The number of nitrogens with one attached hydrogen (secondary N) is 1. The van der Waals surface area contributed by atoms with Crippen molar-refractivity contribution in [2.45, 2.75) is 31.2 Å². The van der Waals surface area contributed by atoms with Crippen LogP contribution in [0.1, 0.15) is 41.3 Å². The largest absolute Gasteiger partial charge is 0.478 e. The van der Waals surface area contributed by atoms with Crippen LogP contribution in [0.25, 0.3) is 0 Å². The molecule has 128 valence electrons. The van der Waals surface area contributed by atoms with Crippen molar-refractivity contribution in [3.63, 3.8) is 0 Å². The number of nitrogens with two attached hydrogens (primary N) is 1. The van der Waals surface area contributed by atoms with Crippen LogP contribution in [-0.4, -0.2) is 19.5 Å². The van der Waals surface area contributed by atoms with Gasteiger partial charge in [-0.1, -0.05) is 44.2 Å². The Labute approximate surface area is 141 Å². The van der Waals surface area contributed by atoms with Gasteiger partial charge < -0.3 is 10.4 Å². The zero-order chi connectivity index (χ0) is 17.9. The summed E-state index contributed by atoms with van der Waals surface area (Å²) in [4.78, 5) is 11.4. The Morgan fingerprint density at radius 1 is 1.21 bits per heavy atom. The first-order valence-electron chi connectivity index (χ1n) is 7.42. The molecule has 4 N–H and O–H groups in total. The molecule has 24 heavy (non-hydrogen) atoms. The standard InChI is InChI=1S/C17H20N2O4S/c1-11(2)13-8-15(19-10-12-6-4-3-5-7-12)14(17(20)21)9-16(13)24(18,22)23/h3-9,11,19H,10H2,1-2H3,(H,20,21)(H2,18,22,23). The summed E-state index contributed by atoms with van der Waals surface area (Å²) in [6.45, 7) is 4.07. The third kappa shape index (κ3) is 4.12. The first-order valence-corrected chi connectivity index (χ1v) is 8.96. The van der Waals surface area contributed by atoms with Crippen LogP contribution < -0.4 is 10.5 Å². The first-order chi connectivity index (χ1) is 11.2. The van der Waals surface area contributed by atoms with E-state index in [1.54, 1.807) is 6.07 Å². The lowest BCUT2D eigenvalue weighted by Gasteiger charge is -2.17. The third-order valence-corrected chi connectivity index (χ3v) is 4.60. The SMILES string of the molecule is CC(C)c1cc(NCc2ccccc2)c(C(=O)O)cc1S(N)(=O)=O. The highest BCUT2D eigenvalue weighted by Crippen LogP contribution is 2.30. The Balaban J connectivity index is 2.50. The van der Waals surface area contributed by atoms with Gasteiger partial charge in [0.25, 0.3) is 0 Å². The minimum absolute atomic E-state index is 0.126. The maximum atomic E-state index is 11.8. The van der Waals surface area contributed by atoms with Gasteiger partial charge in [-0.2, -0.15) is 0 Å². The number of benzene rings is 2. The fourth-order valence-corrected chi connectivity index (χ4v) is 3.32. The molecule has 0 aliphatic heterocycles. The minimum atomic E-state index is -4.01. The monoisotopic (exact) mass is 348 g/mol. The summed E-state index contributed by atoms with van der Waals surface area (Å²) < 4.78 is 23.6. The lowest BCUT2D eigenvalue weighted by atomic mass is 9.99. The molecule has 0 heterocycles. The molecule has 0 saturated heterocycles. The van der Waals surface area contributed by atoms with E-state index in [9.17, 15) is 18.3 Å². The van der Waals surface area contributed by atoms with Crippen molar-refractivity contribution in [1.29, 1.82) is 0 Å². The normalized spacial score (nSPS) is 11.5. The molecule has 2 aromatic rings. The van der Waals surface area contributed by atoms with E-state index in [4.69, 9.17) is 5.14 Å². The van der Waals surface area contributed by atoms with Gasteiger partial charge >= 0.3 is 5.97 Å². The highest BCUT2D eigenvalue weighted by Gasteiger charge is 2.22. The summed E-state index contributed by atoms with van der Waals surface area (Å²) in [5.41, 5.74) is 1.70. The molecule has 0 bridgehead atoms. The smallest absolute Gasteiger partial charge is 0.337 e. The molecule has 0 amide bonds. The summed E-state index contributed by atoms with van der Waals surface area (Å²) in [6.07, 6.45) is 0. The maximum absolute atomic E-state index is 11.8. The fraction of sp³-hybridized carbons (Fsp3) is 0.235. The lowest BCUT2D eigenvalue weighted by Crippen LogP contribution is -2.17. The molecule has 0 atom stereocenters. The van der Waals surface area contributed by atoms with Crippen LogP contribution in [0.5, 0.6) is 0 Å². The van der Waals surface area contributed by atoms with Gasteiger partial charge in [0.05, 0.1) is 10.5 Å². The molecule has 0 radical (unpaired) electrons. The number of hydrogen-bond acceptors (Lipinski definition) is 4. The van der Waals surface area contributed by atoms with E-state index in [1.165, 1.54) is 0 Å². The molecule has 0 spiro atoms. The van der Waals surface area contributed by atoms with E-state index in [0.717, 1.165) is 11.6 Å². The zero-order valence-electron chi connectivity index (χ0n) is 13.5. The van der Waals surface area contributed by atoms with Gasteiger partial charge in [-0.05, 0) is 29.2 Å². The van der Waals surface area contributed by atoms with Crippen molar-refractivity contribution in [2.75, 3.05) is 5.32 Å². The molecule has 0 aliphatic carbocycles. The van der Waals surface area contributed by atoms with Gasteiger partial charge in [-0.3, -0.25) is 0 Å². The summed E-state index contributed by atoms with van der Waals surface area (Å²) >= 11 is 0. The van der Waals surface area contributed by atoms with Gasteiger partial charge in [0, 0.05) is 12.2 Å². The van der Waals surface area contributed by atoms with Crippen molar-refractivity contribution in [3.05, 3.63) is 59.2 Å². The molecule has 0 saturated carbocycles. The quantitative estimate of drug-likeness (QED) is 0.743. The zero-order valence-corrected chi connectivity index (χ0v) is 14.3. The predicted molar refractivity (Wildman–Crippen MR) is 92.6 cm³/mol. The molecule has 7 heteroatoms. The van der Waals surface area contributed by atoms with Crippen molar-refractivity contribution >= 4 is 21.7 Å². The highest BCUT2D eigenvalue weighted by molar-refractivity contribution is 7.89. The highest BCUT2D eigenvalue weighted by atomic mass is 32.2. The summed E-state index contributed by atoms with van der Waals surface area (Å²) in [5, 5.41) is 17.7. The lowest BCUT2D eigenvalue weighted by molar-refractivity contribution is 0.0697. The Morgan fingerprint density at radius 2 is 1.83 bits per heavy atom. The van der Waals surface area contributed by atoms with Crippen LogP contribution in [0.2, 0.25) is 0 Å². The van der Waals surface area contributed by atoms with E-state index in [1.807, 2.05) is 44.2 Å². The van der Waals surface area contributed by atoms with Crippen LogP contribution in [0.3, 0.4) is 0 Å². The molecule has 0 aliphatic rings. The Hall–Kier alpha value is -2.38. The van der Waals surface area contributed by atoms with Gasteiger partial charge in [0.15, 0.2) is 0 Å². The average molecular weight is 348 g/mol. The number of sulfonamides is 1. The number of carboxylic acid groups (broad SMARTS) is 1. The van der Waals surface area contributed by atoms with Crippen LogP contribution in [0, 0.1) is 0 Å². The number of primary sulfonamides is 1. The first kappa shape index (κ1) is 18.0. The molecule has 6 nitrogen and oxygen atoms in total. The van der Waals surface area contributed by atoms with Gasteiger partial charge in [-0.15, -0.1) is 0 Å². The maximum Gasteiger partial charge on any atom is 0.337 e. The number of anilines is 1. The van der Waals surface area contributed by atoms with Gasteiger partial charge in [0.2, 0.25) is 10.0 Å². The Bertz CT molecular complexity index is 846. The molecule has 0 aromatic heterocycles.